The van der Waals surface area contributed by atoms with E-state index in [0.29, 0.717) is 50.7 Å². The number of piperazine rings is 1. The summed E-state index contributed by atoms with van der Waals surface area (Å²) in [5, 5.41) is 12.5. The molecule has 27 heavy (non-hydrogen) atoms. The van der Waals surface area contributed by atoms with Gasteiger partial charge in [0.25, 0.3) is 0 Å². The summed E-state index contributed by atoms with van der Waals surface area (Å²) in [6.45, 7) is 9.58. The highest BCUT2D eigenvalue weighted by molar-refractivity contribution is 5.93. The summed E-state index contributed by atoms with van der Waals surface area (Å²) in [6.07, 6.45) is 0.798. The number of aromatic nitrogens is 1. The maximum atomic E-state index is 12.6. The maximum absolute atomic E-state index is 12.6. The number of amides is 2. The van der Waals surface area contributed by atoms with Gasteiger partial charge in [0.15, 0.2) is 0 Å². The molecule has 0 radical (unpaired) electrons. The lowest BCUT2D eigenvalue weighted by atomic mass is 10.2. The topological polar surface area (TPSA) is 90.6 Å². The SMILES string of the molecule is COCCCn1c(C)c(C)c(C#N)c1NC(=O)CN1CCN(C(C)=O)CC1. The summed E-state index contributed by atoms with van der Waals surface area (Å²) in [6, 6.07) is 2.22. The second kappa shape index (κ2) is 9.53. The van der Waals surface area contributed by atoms with E-state index in [2.05, 4.69) is 11.4 Å². The van der Waals surface area contributed by atoms with Gasteiger partial charge in [-0.15, -0.1) is 0 Å². The Morgan fingerprint density at radius 2 is 1.89 bits per heavy atom. The minimum Gasteiger partial charge on any atom is -0.385 e. The molecule has 1 aliphatic rings. The fourth-order valence-corrected chi connectivity index (χ4v) is 3.37. The van der Waals surface area contributed by atoms with Crippen LogP contribution in [0.15, 0.2) is 0 Å². The number of nitriles is 1. The number of carbonyl (C=O) groups excluding carboxylic acids is 2. The zero-order valence-corrected chi connectivity index (χ0v) is 16.7. The first-order valence-corrected chi connectivity index (χ1v) is 9.25. The standard InChI is InChI=1S/C19H29N5O3/c1-14-15(2)24(6-5-11-27-4)19(17(14)12-20)21-18(26)13-22-7-9-23(10-8-22)16(3)25/h5-11,13H2,1-4H3,(H,21,26). The average Bonchev–Trinajstić information content (AvgIpc) is 2.86. The summed E-state index contributed by atoms with van der Waals surface area (Å²) in [4.78, 5) is 27.8. The molecule has 0 spiro atoms. The molecule has 148 valence electrons. The van der Waals surface area contributed by atoms with Gasteiger partial charge in [-0.25, -0.2) is 0 Å². The van der Waals surface area contributed by atoms with E-state index < -0.39 is 0 Å². The minimum atomic E-state index is -0.145. The van der Waals surface area contributed by atoms with E-state index in [0.717, 1.165) is 17.7 Å². The molecule has 1 aliphatic heterocycles. The first-order chi connectivity index (χ1) is 12.9. The van der Waals surface area contributed by atoms with Crippen LogP contribution < -0.4 is 5.32 Å². The Morgan fingerprint density at radius 1 is 1.22 bits per heavy atom. The van der Waals surface area contributed by atoms with Crippen molar-refractivity contribution in [3.8, 4) is 6.07 Å². The number of carbonyl (C=O) groups is 2. The zero-order valence-electron chi connectivity index (χ0n) is 16.7. The number of hydrogen-bond donors (Lipinski definition) is 1. The number of nitrogens with zero attached hydrogens (tertiary/aromatic N) is 4. The molecule has 2 heterocycles. The van der Waals surface area contributed by atoms with Gasteiger partial charge < -0.3 is 19.5 Å². The molecule has 0 aromatic carbocycles. The van der Waals surface area contributed by atoms with Crippen molar-refractivity contribution in [2.45, 2.75) is 33.7 Å². The monoisotopic (exact) mass is 375 g/mol. The van der Waals surface area contributed by atoms with Gasteiger partial charge in [-0.05, 0) is 25.8 Å². The number of nitrogens with one attached hydrogen (secondary N) is 1. The molecule has 0 bridgehead atoms. The van der Waals surface area contributed by atoms with E-state index in [1.807, 2.05) is 23.3 Å². The molecule has 1 N–H and O–H groups in total. The highest BCUT2D eigenvalue weighted by Gasteiger charge is 2.23. The van der Waals surface area contributed by atoms with E-state index in [1.165, 1.54) is 0 Å². The maximum Gasteiger partial charge on any atom is 0.239 e. The summed E-state index contributed by atoms with van der Waals surface area (Å²) in [5.41, 5.74) is 2.38. The first-order valence-electron chi connectivity index (χ1n) is 9.25. The molecule has 1 aromatic heterocycles. The Morgan fingerprint density at radius 3 is 2.44 bits per heavy atom. The third-order valence-electron chi connectivity index (χ3n) is 5.11. The molecular formula is C19H29N5O3. The highest BCUT2D eigenvalue weighted by Crippen LogP contribution is 2.26. The van der Waals surface area contributed by atoms with Crippen molar-refractivity contribution in [1.29, 1.82) is 5.26 Å². The van der Waals surface area contributed by atoms with Crippen LogP contribution in [0.3, 0.4) is 0 Å². The van der Waals surface area contributed by atoms with Crippen LogP contribution in [0.25, 0.3) is 0 Å². The molecule has 0 atom stereocenters. The van der Waals surface area contributed by atoms with Gasteiger partial charge in [0, 0.05) is 59.1 Å². The van der Waals surface area contributed by atoms with Crippen LogP contribution in [0.5, 0.6) is 0 Å². The molecule has 2 rings (SSSR count). The predicted octanol–water partition coefficient (Wildman–Crippen LogP) is 1.12. The number of rotatable bonds is 7. The van der Waals surface area contributed by atoms with Crippen molar-refractivity contribution >= 4 is 17.6 Å². The Kier molecular flexibility index (Phi) is 7.39. The normalized spacial score (nSPS) is 14.9. The van der Waals surface area contributed by atoms with Crippen molar-refractivity contribution in [2.75, 3.05) is 51.8 Å². The van der Waals surface area contributed by atoms with Crippen molar-refractivity contribution in [3.05, 3.63) is 16.8 Å². The molecular weight excluding hydrogens is 346 g/mol. The second-order valence-electron chi connectivity index (χ2n) is 6.87. The predicted molar refractivity (Wildman–Crippen MR) is 102 cm³/mol. The van der Waals surface area contributed by atoms with E-state index in [9.17, 15) is 14.9 Å². The van der Waals surface area contributed by atoms with Crippen LogP contribution in [-0.2, 0) is 20.9 Å². The molecule has 1 aromatic rings. The Balaban J connectivity index is 2.05. The lowest BCUT2D eigenvalue weighted by Crippen LogP contribution is -2.50. The van der Waals surface area contributed by atoms with E-state index in [1.54, 1.807) is 18.9 Å². The summed E-state index contributed by atoms with van der Waals surface area (Å²) in [7, 11) is 1.66. The third kappa shape index (κ3) is 5.08. The van der Waals surface area contributed by atoms with Gasteiger partial charge in [-0.3, -0.25) is 14.5 Å². The van der Waals surface area contributed by atoms with Crippen LogP contribution in [0.2, 0.25) is 0 Å². The molecule has 8 nitrogen and oxygen atoms in total. The van der Waals surface area contributed by atoms with Gasteiger partial charge in [-0.2, -0.15) is 5.26 Å². The highest BCUT2D eigenvalue weighted by atomic mass is 16.5. The lowest BCUT2D eigenvalue weighted by Gasteiger charge is -2.33. The molecule has 8 heteroatoms. The molecule has 1 fully saturated rings. The van der Waals surface area contributed by atoms with E-state index in [4.69, 9.17) is 4.74 Å². The van der Waals surface area contributed by atoms with Crippen LogP contribution in [0.1, 0.15) is 30.2 Å². The molecule has 0 saturated carbocycles. The lowest BCUT2D eigenvalue weighted by molar-refractivity contribution is -0.130. The Bertz CT molecular complexity index is 727. The van der Waals surface area contributed by atoms with Crippen LogP contribution in [-0.4, -0.2) is 72.6 Å². The summed E-state index contributed by atoms with van der Waals surface area (Å²) >= 11 is 0. The fraction of sp³-hybridized carbons (Fsp3) is 0.632. The molecule has 0 aliphatic carbocycles. The van der Waals surface area contributed by atoms with Crippen molar-refractivity contribution in [3.63, 3.8) is 0 Å². The van der Waals surface area contributed by atoms with Crippen molar-refractivity contribution in [2.24, 2.45) is 0 Å². The smallest absolute Gasteiger partial charge is 0.239 e. The summed E-state index contributed by atoms with van der Waals surface area (Å²) in [5.74, 6) is 0.488. The van der Waals surface area contributed by atoms with Crippen LogP contribution in [0, 0.1) is 25.2 Å². The Hall–Kier alpha value is -2.37. The number of anilines is 1. The quantitative estimate of drug-likeness (QED) is 0.721. The van der Waals surface area contributed by atoms with E-state index in [-0.39, 0.29) is 18.4 Å². The molecule has 1 saturated heterocycles. The van der Waals surface area contributed by atoms with Gasteiger partial charge >= 0.3 is 0 Å². The van der Waals surface area contributed by atoms with Crippen LogP contribution in [0.4, 0.5) is 5.82 Å². The third-order valence-corrected chi connectivity index (χ3v) is 5.11. The first kappa shape index (κ1) is 20.9. The van der Waals surface area contributed by atoms with Gasteiger partial charge in [-0.1, -0.05) is 0 Å². The molecule has 0 unspecified atom stereocenters. The summed E-state index contributed by atoms with van der Waals surface area (Å²) < 4.78 is 7.10. The zero-order chi connectivity index (χ0) is 20.0. The van der Waals surface area contributed by atoms with Crippen LogP contribution >= 0.6 is 0 Å². The van der Waals surface area contributed by atoms with E-state index >= 15 is 0 Å². The van der Waals surface area contributed by atoms with Crippen molar-refractivity contribution in [1.82, 2.24) is 14.4 Å². The van der Waals surface area contributed by atoms with Crippen molar-refractivity contribution < 1.29 is 14.3 Å². The Labute approximate surface area is 160 Å². The minimum absolute atomic E-state index is 0.0672. The fourth-order valence-electron chi connectivity index (χ4n) is 3.37. The number of methoxy groups -OCH3 is 1. The second-order valence-corrected chi connectivity index (χ2v) is 6.87. The van der Waals surface area contributed by atoms with Gasteiger partial charge in [0.1, 0.15) is 11.9 Å². The largest absolute Gasteiger partial charge is 0.385 e. The average molecular weight is 375 g/mol. The molecule has 2 amide bonds. The van der Waals surface area contributed by atoms with Gasteiger partial charge in [0.2, 0.25) is 11.8 Å². The number of hydrogen-bond acceptors (Lipinski definition) is 5. The number of ether oxygens (including phenoxy) is 1. The van der Waals surface area contributed by atoms with Gasteiger partial charge in [0.05, 0.1) is 12.1 Å².